The number of benzene rings is 1. The standard InChI is InChI=1S/C18H20N4O2/c1-10(17-11(2)20-21-12(17)3)8-16-19-18(22-24-16)14-4-5-15-13(9-14)6-7-23-15/h4-5,9-10H,6-8H2,1-3H3,(H,20,21)/t10-/m1/s1. The molecular weight excluding hydrogens is 304 g/mol. The summed E-state index contributed by atoms with van der Waals surface area (Å²) in [4.78, 5) is 4.57. The van der Waals surface area contributed by atoms with E-state index in [-0.39, 0.29) is 5.92 Å². The van der Waals surface area contributed by atoms with E-state index >= 15 is 0 Å². The second-order valence-corrected chi connectivity index (χ2v) is 6.39. The molecule has 0 spiro atoms. The van der Waals surface area contributed by atoms with Gasteiger partial charge in [0.1, 0.15) is 5.75 Å². The SMILES string of the molecule is Cc1n[nH]c(C)c1[C@H](C)Cc1nc(-c2ccc3c(c2)CCO3)no1. The van der Waals surface area contributed by atoms with Gasteiger partial charge in [-0.1, -0.05) is 12.1 Å². The Morgan fingerprint density at radius 1 is 1.29 bits per heavy atom. The third-order valence-corrected chi connectivity index (χ3v) is 4.57. The maximum absolute atomic E-state index is 5.54. The largest absolute Gasteiger partial charge is 0.493 e. The van der Waals surface area contributed by atoms with Gasteiger partial charge in [0.2, 0.25) is 11.7 Å². The van der Waals surface area contributed by atoms with Crippen LogP contribution in [0.25, 0.3) is 11.4 Å². The molecule has 1 N–H and O–H groups in total. The molecule has 3 heterocycles. The molecule has 0 aliphatic carbocycles. The van der Waals surface area contributed by atoms with Crippen LogP contribution in [-0.4, -0.2) is 26.9 Å². The summed E-state index contributed by atoms with van der Waals surface area (Å²) in [6, 6.07) is 6.05. The monoisotopic (exact) mass is 324 g/mol. The fourth-order valence-electron chi connectivity index (χ4n) is 3.43. The van der Waals surface area contributed by atoms with Gasteiger partial charge in [-0.05, 0) is 49.1 Å². The summed E-state index contributed by atoms with van der Waals surface area (Å²) in [6.45, 7) is 6.96. The fourth-order valence-corrected chi connectivity index (χ4v) is 3.43. The van der Waals surface area contributed by atoms with Crippen LogP contribution in [0.1, 0.15) is 41.2 Å². The minimum Gasteiger partial charge on any atom is -0.493 e. The number of aryl methyl sites for hydroxylation is 2. The normalized spacial score (nSPS) is 14.5. The molecule has 6 nitrogen and oxygen atoms in total. The van der Waals surface area contributed by atoms with Crippen LogP contribution in [0.3, 0.4) is 0 Å². The van der Waals surface area contributed by atoms with Crippen molar-refractivity contribution in [3.8, 4) is 17.1 Å². The van der Waals surface area contributed by atoms with Crippen molar-refractivity contribution in [2.75, 3.05) is 6.61 Å². The number of nitrogens with one attached hydrogen (secondary N) is 1. The van der Waals surface area contributed by atoms with Crippen molar-refractivity contribution in [1.29, 1.82) is 0 Å². The van der Waals surface area contributed by atoms with E-state index in [4.69, 9.17) is 9.26 Å². The Hall–Kier alpha value is -2.63. The van der Waals surface area contributed by atoms with Crippen LogP contribution >= 0.6 is 0 Å². The quantitative estimate of drug-likeness (QED) is 0.796. The van der Waals surface area contributed by atoms with Crippen molar-refractivity contribution in [1.82, 2.24) is 20.3 Å². The average Bonchev–Trinajstić information content (AvgIpc) is 3.27. The van der Waals surface area contributed by atoms with E-state index in [2.05, 4.69) is 33.3 Å². The number of hydrogen-bond acceptors (Lipinski definition) is 5. The summed E-state index contributed by atoms with van der Waals surface area (Å²) in [7, 11) is 0. The minimum absolute atomic E-state index is 0.269. The Balaban J connectivity index is 1.55. The van der Waals surface area contributed by atoms with Gasteiger partial charge in [-0.3, -0.25) is 5.10 Å². The number of fused-ring (bicyclic) bond motifs is 1. The van der Waals surface area contributed by atoms with Gasteiger partial charge in [0.25, 0.3) is 0 Å². The van der Waals surface area contributed by atoms with Crippen molar-refractivity contribution < 1.29 is 9.26 Å². The Morgan fingerprint density at radius 2 is 2.17 bits per heavy atom. The van der Waals surface area contributed by atoms with Gasteiger partial charge >= 0.3 is 0 Å². The van der Waals surface area contributed by atoms with Crippen LogP contribution in [0.15, 0.2) is 22.7 Å². The van der Waals surface area contributed by atoms with E-state index in [9.17, 15) is 0 Å². The zero-order valence-corrected chi connectivity index (χ0v) is 14.1. The molecule has 1 aromatic carbocycles. The van der Waals surface area contributed by atoms with E-state index in [1.807, 2.05) is 26.0 Å². The molecule has 6 heteroatoms. The van der Waals surface area contributed by atoms with E-state index < -0.39 is 0 Å². The van der Waals surface area contributed by atoms with E-state index in [1.165, 1.54) is 11.1 Å². The fraction of sp³-hybridized carbons (Fsp3) is 0.389. The second kappa shape index (κ2) is 5.78. The highest BCUT2D eigenvalue weighted by atomic mass is 16.5. The molecule has 0 fully saturated rings. The predicted octanol–water partition coefficient (Wildman–Crippen LogP) is 3.36. The zero-order valence-electron chi connectivity index (χ0n) is 14.1. The molecule has 0 saturated heterocycles. The molecular formula is C18H20N4O2. The van der Waals surface area contributed by atoms with E-state index in [1.54, 1.807) is 0 Å². The van der Waals surface area contributed by atoms with Gasteiger partial charge in [-0.25, -0.2) is 0 Å². The lowest BCUT2D eigenvalue weighted by molar-refractivity contribution is 0.357. The highest BCUT2D eigenvalue weighted by molar-refractivity contribution is 5.59. The Kier molecular flexibility index (Phi) is 3.59. The predicted molar refractivity (Wildman–Crippen MR) is 89.1 cm³/mol. The first-order chi connectivity index (χ1) is 11.6. The number of aromatic nitrogens is 4. The first-order valence-corrected chi connectivity index (χ1v) is 8.22. The number of aromatic amines is 1. The summed E-state index contributed by atoms with van der Waals surface area (Å²) in [5.41, 5.74) is 5.52. The highest BCUT2D eigenvalue weighted by Crippen LogP contribution is 2.30. The van der Waals surface area contributed by atoms with E-state index in [0.717, 1.165) is 35.7 Å². The van der Waals surface area contributed by atoms with Gasteiger partial charge in [-0.15, -0.1) is 0 Å². The first-order valence-electron chi connectivity index (χ1n) is 8.22. The Bertz CT molecular complexity index is 862. The van der Waals surface area contributed by atoms with Crippen LogP contribution in [-0.2, 0) is 12.8 Å². The second-order valence-electron chi connectivity index (χ2n) is 6.39. The Morgan fingerprint density at radius 3 is 2.96 bits per heavy atom. The smallest absolute Gasteiger partial charge is 0.227 e. The molecule has 0 radical (unpaired) electrons. The van der Waals surface area contributed by atoms with Gasteiger partial charge in [0, 0.05) is 24.1 Å². The number of hydrogen-bond donors (Lipinski definition) is 1. The molecule has 4 rings (SSSR count). The lowest BCUT2D eigenvalue weighted by atomic mass is 9.96. The first kappa shape index (κ1) is 14.9. The van der Waals surface area contributed by atoms with Crippen LogP contribution in [0, 0.1) is 13.8 Å². The summed E-state index contributed by atoms with van der Waals surface area (Å²) in [5, 5.41) is 11.4. The molecule has 1 aliphatic rings. The molecule has 0 unspecified atom stereocenters. The molecule has 1 atom stereocenters. The van der Waals surface area contributed by atoms with Gasteiger partial charge in [0.15, 0.2) is 0 Å². The number of rotatable bonds is 4. The van der Waals surface area contributed by atoms with Crippen LogP contribution in [0.5, 0.6) is 5.75 Å². The average molecular weight is 324 g/mol. The van der Waals surface area contributed by atoms with E-state index in [0.29, 0.717) is 18.1 Å². The molecule has 24 heavy (non-hydrogen) atoms. The summed E-state index contributed by atoms with van der Waals surface area (Å²) >= 11 is 0. The molecule has 0 bridgehead atoms. The minimum atomic E-state index is 0.269. The lowest BCUT2D eigenvalue weighted by Crippen LogP contribution is -2.01. The highest BCUT2D eigenvalue weighted by Gasteiger charge is 2.19. The van der Waals surface area contributed by atoms with Crippen molar-refractivity contribution in [3.63, 3.8) is 0 Å². The Labute approximate surface area is 140 Å². The van der Waals surface area contributed by atoms with Crippen molar-refractivity contribution in [2.24, 2.45) is 0 Å². The topological polar surface area (TPSA) is 76.8 Å². The van der Waals surface area contributed by atoms with Crippen LogP contribution < -0.4 is 4.74 Å². The van der Waals surface area contributed by atoms with Gasteiger partial charge < -0.3 is 9.26 Å². The molecule has 1 aliphatic heterocycles. The number of ether oxygens (including phenoxy) is 1. The maximum atomic E-state index is 5.54. The molecule has 0 amide bonds. The van der Waals surface area contributed by atoms with Crippen LogP contribution in [0.2, 0.25) is 0 Å². The molecule has 124 valence electrons. The summed E-state index contributed by atoms with van der Waals surface area (Å²) in [6.07, 6.45) is 1.63. The number of nitrogens with zero attached hydrogens (tertiary/aromatic N) is 3. The molecule has 0 saturated carbocycles. The van der Waals surface area contributed by atoms with Crippen LogP contribution in [0.4, 0.5) is 0 Å². The maximum Gasteiger partial charge on any atom is 0.227 e. The third-order valence-electron chi connectivity index (χ3n) is 4.57. The van der Waals surface area contributed by atoms with Crippen molar-refractivity contribution in [2.45, 2.75) is 39.5 Å². The van der Waals surface area contributed by atoms with Gasteiger partial charge in [-0.2, -0.15) is 10.1 Å². The lowest BCUT2D eigenvalue weighted by Gasteiger charge is -2.08. The zero-order chi connectivity index (χ0) is 16.7. The number of H-pyrrole nitrogens is 1. The van der Waals surface area contributed by atoms with Crippen molar-refractivity contribution in [3.05, 3.63) is 46.6 Å². The van der Waals surface area contributed by atoms with Gasteiger partial charge in [0.05, 0.1) is 12.3 Å². The molecule has 3 aromatic rings. The third kappa shape index (κ3) is 2.58. The van der Waals surface area contributed by atoms with Crippen molar-refractivity contribution >= 4 is 0 Å². The molecule has 2 aromatic heterocycles. The summed E-state index contributed by atoms with van der Waals surface area (Å²) < 4.78 is 11.0. The summed E-state index contributed by atoms with van der Waals surface area (Å²) in [5.74, 6) is 2.51.